The molecule has 4 rings (SSSR count). The van der Waals surface area contributed by atoms with E-state index >= 15 is 0 Å². The van der Waals surface area contributed by atoms with Gasteiger partial charge in [-0.05, 0) is 62.8 Å². The smallest absolute Gasteiger partial charge is 0.169 e. The topological polar surface area (TPSA) is 46.9 Å². The van der Waals surface area contributed by atoms with E-state index in [0.29, 0.717) is 12.0 Å². The summed E-state index contributed by atoms with van der Waals surface area (Å²) >= 11 is 6.29. The first-order valence-corrected chi connectivity index (χ1v) is 12.3. The van der Waals surface area contributed by atoms with Crippen molar-refractivity contribution < 1.29 is 4.79 Å². The molecule has 0 radical (unpaired) electrons. The molecule has 3 aromatic rings. The second kappa shape index (κ2) is 8.98. The Balaban J connectivity index is 1.68. The summed E-state index contributed by atoms with van der Waals surface area (Å²) in [5.41, 5.74) is 3.71. The largest absolute Gasteiger partial charge is 0.363 e. The average molecular weight is 464 g/mol. The molecule has 2 aromatic carbocycles. The lowest BCUT2D eigenvalue weighted by atomic mass is 9.71. The number of fused-ring (bicyclic) bond motifs is 1. The van der Waals surface area contributed by atoms with Gasteiger partial charge >= 0.3 is 0 Å². The lowest BCUT2D eigenvalue weighted by Gasteiger charge is -2.38. The Bertz CT molecular complexity index is 1150. The van der Waals surface area contributed by atoms with Crippen LogP contribution in [0.1, 0.15) is 86.5 Å². The highest BCUT2D eigenvalue weighted by Gasteiger charge is 2.38. The van der Waals surface area contributed by atoms with Gasteiger partial charge in [0.15, 0.2) is 5.78 Å². The number of hydrogen-bond acceptors (Lipinski definition) is 3. The van der Waals surface area contributed by atoms with Crippen LogP contribution in [0.5, 0.6) is 0 Å². The quantitative estimate of drug-likeness (QED) is 0.369. The van der Waals surface area contributed by atoms with E-state index in [-0.39, 0.29) is 22.8 Å². The number of anilines is 1. The second-order valence-electron chi connectivity index (χ2n) is 9.99. The number of ketones is 1. The fourth-order valence-electron chi connectivity index (χ4n) is 5.23. The number of hydrogen-bond donors (Lipinski definition) is 1. The third-order valence-electron chi connectivity index (χ3n) is 7.48. The van der Waals surface area contributed by atoms with Gasteiger partial charge in [0.05, 0.1) is 23.3 Å². The zero-order chi connectivity index (χ0) is 23.8. The van der Waals surface area contributed by atoms with Gasteiger partial charge < -0.3 is 5.32 Å². The summed E-state index contributed by atoms with van der Waals surface area (Å²) in [6.45, 7) is 10.7. The summed E-state index contributed by atoms with van der Waals surface area (Å²) < 4.78 is 1.99. The molecule has 1 N–H and O–H groups in total. The van der Waals surface area contributed by atoms with Crippen molar-refractivity contribution in [2.24, 2.45) is 0 Å². The van der Waals surface area contributed by atoms with Gasteiger partial charge in [0.1, 0.15) is 5.82 Å². The molecule has 33 heavy (non-hydrogen) atoms. The van der Waals surface area contributed by atoms with Gasteiger partial charge in [-0.1, -0.05) is 67.9 Å². The molecule has 1 aliphatic rings. The summed E-state index contributed by atoms with van der Waals surface area (Å²) in [7, 11) is 0. The first-order chi connectivity index (χ1) is 15.7. The van der Waals surface area contributed by atoms with Crippen LogP contribution in [0.3, 0.4) is 0 Å². The highest BCUT2D eigenvalue weighted by molar-refractivity contribution is 6.31. The number of rotatable bonds is 7. The van der Waals surface area contributed by atoms with Gasteiger partial charge in [0.25, 0.3) is 0 Å². The normalized spacial score (nSPS) is 17.3. The number of carbonyl (C=O) groups excluding carboxylic acids is 1. The zero-order valence-corrected chi connectivity index (χ0v) is 21.0. The minimum atomic E-state index is -0.232. The summed E-state index contributed by atoms with van der Waals surface area (Å²) in [6.07, 6.45) is 4.86. The molecule has 0 bridgehead atoms. The molecule has 1 atom stereocenters. The molecule has 1 unspecified atom stereocenters. The van der Waals surface area contributed by atoms with Gasteiger partial charge in [-0.15, -0.1) is 0 Å². The lowest BCUT2D eigenvalue weighted by Crippen LogP contribution is -2.38. The fourth-order valence-corrected chi connectivity index (χ4v) is 5.34. The molecule has 0 fully saturated rings. The number of benzene rings is 2. The van der Waals surface area contributed by atoms with Crippen molar-refractivity contribution in [2.75, 3.05) is 5.32 Å². The molecule has 0 saturated carbocycles. The molecule has 2 heterocycles. The fraction of sp³-hybridized carbons (Fsp3) is 0.429. The van der Waals surface area contributed by atoms with Crippen molar-refractivity contribution in [1.82, 2.24) is 9.78 Å². The van der Waals surface area contributed by atoms with Gasteiger partial charge in [-0.25, -0.2) is 4.68 Å². The number of aryl methyl sites for hydroxylation is 1. The van der Waals surface area contributed by atoms with Crippen LogP contribution in [0.2, 0.25) is 5.02 Å². The van der Waals surface area contributed by atoms with Crippen molar-refractivity contribution in [3.63, 3.8) is 0 Å². The van der Waals surface area contributed by atoms with Crippen molar-refractivity contribution in [2.45, 2.75) is 77.3 Å². The third kappa shape index (κ3) is 4.33. The standard InChI is InChI=1S/C28H34ClN3O/c1-6-28(7-2,21-13-14-23(29)19(3)15-21)17-25(33)22-18-30-32-26(22)31-24(16-27(32,4)5)20-11-9-8-10-12-20/h8-15,18,24,31H,6-7,16-17H2,1-5H3. The SMILES string of the molecule is CCC(CC)(CC(=O)c1cnn2c1NC(c1ccccc1)CC2(C)C)c1ccc(Cl)c(C)c1. The number of halogens is 1. The summed E-state index contributed by atoms with van der Waals surface area (Å²) in [5.74, 6) is 0.961. The molecular formula is C28H34ClN3O. The van der Waals surface area contributed by atoms with Crippen molar-refractivity contribution in [3.8, 4) is 0 Å². The van der Waals surface area contributed by atoms with Gasteiger partial charge in [0, 0.05) is 16.9 Å². The van der Waals surface area contributed by atoms with E-state index in [2.05, 4.69) is 74.5 Å². The highest BCUT2D eigenvalue weighted by Crippen LogP contribution is 2.42. The Labute approximate surface area is 202 Å². The summed E-state index contributed by atoms with van der Waals surface area (Å²) in [4.78, 5) is 13.8. The van der Waals surface area contributed by atoms with Crippen molar-refractivity contribution in [3.05, 3.63) is 82.0 Å². The Kier molecular flexibility index (Phi) is 6.41. The third-order valence-corrected chi connectivity index (χ3v) is 7.91. The predicted molar refractivity (Wildman–Crippen MR) is 136 cm³/mol. The molecule has 5 heteroatoms. The predicted octanol–water partition coefficient (Wildman–Crippen LogP) is 7.47. The summed E-state index contributed by atoms with van der Waals surface area (Å²) in [6, 6.07) is 16.8. The van der Waals surface area contributed by atoms with E-state index in [1.54, 1.807) is 6.20 Å². The van der Waals surface area contributed by atoms with Gasteiger partial charge in [0.2, 0.25) is 0 Å². The van der Waals surface area contributed by atoms with Crippen LogP contribution in [0.4, 0.5) is 5.82 Å². The maximum atomic E-state index is 13.8. The Morgan fingerprint density at radius 3 is 2.52 bits per heavy atom. The molecule has 1 aliphatic heterocycles. The molecule has 0 amide bonds. The number of nitrogens with zero attached hydrogens (tertiary/aromatic N) is 2. The molecular weight excluding hydrogens is 430 g/mol. The molecule has 174 valence electrons. The maximum Gasteiger partial charge on any atom is 0.169 e. The number of Topliss-reactive ketones (excluding diaryl/α,β-unsaturated/α-hetero) is 1. The summed E-state index contributed by atoms with van der Waals surface area (Å²) in [5, 5.41) is 9.05. The van der Waals surface area contributed by atoms with E-state index in [9.17, 15) is 4.79 Å². The minimum absolute atomic E-state index is 0.129. The maximum absolute atomic E-state index is 13.8. The molecule has 0 spiro atoms. The monoisotopic (exact) mass is 463 g/mol. The van der Waals surface area contributed by atoms with E-state index in [1.807, 2.05) is 23.7 Å². The van der Waals surface area contributed by atoms with Crippen LogP contribution in [0.15, 0.2) is 54.7 Å². The Morgan fingerprint density at radius 2 is 1.88 bits per heavy atom. The zero-order valence-electron chi connectivity index (χ0n) is 20.3. The van der Waals surface area contributed by atoms with Crippen LogP contribution in [-0.4, -0.2) is 15.6 Å². The van der Waals surface area contributed by atoms with E-state index in [4.69, 9.17) is 11.6 Å². The minimum Gasteiger partial charge on any atom is -0.363 e. The van der Waals surface area contributed by atoms with E-state index < -0.39 is 0 Å². The first kappa shape index (κ1) is 23.6. The van der Waals surface area contributed by atoms with Gasteiger partial charge in [-0.3, -0.25) is 4.79 Å². The number of aromatic nitrogens is 2. The second-order valence-corrected chi connectivity index (χ2v) is 10.4. The van der Waals surface area contributed by atoms with Crippen molar-refractivity contribution in [1.29, 1.82) is 0 Å². The Morgan fingerprint density at radius 1 is 1.18 bits per heavy atom. The van der Waals surface area contributed by atoms with E-state index in [0.717, 1.165) is 35.7 Å². The molecule has 1 aromatic heterocycles. The van der Waals surface area contributed by atoms with Crippen LogP contribution < -0.4 is 5.32 Å². The molecule has 0 aliphatic carbocycles. The molecule has 0 saturated heterocycles. The van der Waals surface area contributed by atoms with Crippen LogP contribution in [0, 0.1) is 6.92 Å². The van der Waals surface area contributed by atoms with Crippen LogP contribution in [-0.2, 0) is 11.0 Å². The van der Waals surface area contributed by atoms with E-state index in [1.165, 1.54) is 11.1 Å². The van der Waals surface area contributed by atoms with Crippen LogP contribution >= 0.6 is 11.6 Å². The van der Waals surface area contributed by atoms with Crippen LogP contribution in [0.25, 0.3) is 0 Å². The average Bonchev–Trinajstić information content (AvgIpc) is 3.25. The van der Waals surface area contributed by atoms with Gasteiger partial charge in [-0.2, -0.15) is 5.10 Å². The lowest BCUT2D eigenvalue weighted by molar-refractivity contribution is 0.0944. The molecule has 4 nitrogen and oxygen atoms in total. The number of nitrogens with one attached hydrogen (secondary N) is 1. The first-order valence-electron chi connectivity index (χ1n) is 11.9. The Hall–Kier alpha value is -2.59. The highest BCUT2D eigenvalue weighted by atomic mass is 35.5. The number of carbonyl (C=O) groups is 1. The van der Waals surface area contributed by atoms with Crippen molar-refractivity contribution >= 4 is 23.2 Å².